The van der Waals surface area contributed by atoms with Crippen molar-refractivity contribution in [3.05, 3.63) is 24.0 Å². The van der Waals surface area contributed by atoms with Crippen molar-refractivity contribution in [1.29, 1.82) is 0 Å². The van der Waals surface area contributed by atoms with E-state index < -0.39 is 0 Å². The highest BCUT2D eigenvalue weighted by Crippen LogP contribution is 2.22. The fourth-order valence-electron chi connectivity index (χ4n) is 3.43. The fraction of sp³-hybridized carbons (Fsp3) is 0.611. The third-order valence-electron chi connectivity index (χ3n) is 4.80. The summed E-state index contributed by atoms with van der Waals surface area (Å²) in [5.74, 6) is -0.0360. The van der Waals surface area contributed by atoms with Gasteiger partial charge in [-0.15, -0.1) is 0 Å². The zero-order chi connectivity index (χ0) is 17.6. The van der Waals surface area contributed by atoms with Gasteiger partial charge < -0.3 is 19.9 Å². The first-order valence-electron chi connectivity index (χ1n) is 9.10. The van der Waals surface area contributed by atoms with Gasteiger partial charge in [0.1, 0.15) is 0 Å². The fourth-order valence-corrected chi connectivity index (χ4v) is 3.43. The van der Waals surface area contributed by atoms with E-state index in [1.807, 2.05) is 6.07 Å². The molecule has 2 amide bonds. The lowest BCUT2D eigenvalue weighted by molar-refractivity contribution is 0.0570. The Morgan fingerprint density at radius 3 is 2.52 bits per heavy atom. The number of carbonyl (C=O) groups excluding carboxylic acids is 2. The summed E-state index contributed by atoms with van der Waals surface area (Å²) in [4.78, 5) is 32.1. The Balaban J connectivity index is 1.57. The van der Waals surface area contributed by atoms with Crippen LogP contribution in [0.2, 0.25) is 0 Å². The van der Waals surface area contributed by atoms with Crippen LogP contribution in [0.4, 0.5) is 10.5 Å². The van der Waals surface area contributed by atoms with Crippen molar-refractivity contribution < 1.29 is 14.3 Å². The molecule has 2 heterocycles. The number of hydrogen-bond acceptors (Lipinski definition) is 5. The SMILES string of the molecule is CCOC(=O)N1CCN(C(=O)c2cncc(NC3CCCC3)c2)CC1. The molecule has 1 saturated heterocycles. The summed E-state index contributed by atoms with van der Waals surface area (Å²) in [6.07, 6.45) is 7.94. The summed E-state index contributed by atoms with van der Waals surface area (Å²) in [6, 6.07) is 2.37. The lowest BCUT2D eigenvalue weighted by Gasteiger charge is -2.34. The van der Waals surface area contributed by atoms with E-state index in [9.17, 15) is 9.59 Å². The summed E-state index contributed by atoms with van der Waals surface area (Å²) >= 11 is 0. The number of piperazine rings is 1. The molecule has 7 heteroatoms. The molecule has 0 atom stereocenters. The van der Waals surface area contributed by atoms with E-state index in [1.54, 1.807) is 29.1 Å². The number of nitrogens with one attached hydrogen (secondary N) is 1. The molecule has 1 aliphatic carbocycles. The molecule has 3 rings (SSSR count). The monoisotopic (exact) mass is 346 g/mol. The molecule has 1 aromatic heterocycles. The maximum absolute atomic E-state index is 12.7. The molecule has 0 bridgehead atoms. The minimum absolute atomic E-state index is 0.0360. The number of hydrogen-bond donors (Lipinski definition) is 1. The number of pyridine rings is 1. The Hall–Kier alpha value is -2.31. The van der Waals surface area contributed by atoms with Gasteiger partial charge in [0, 0.05) is 44.6 Å². The molecular formula is C18H26N4O3. The van der Waals surface area contributed by atoms with Gasteiger partial charge in [-0.25, -0.2) is 4.79 Å². The minimum atomic E-state index is -0.306. The quantitative estimate of drug-likeness (QED) is 0.906. The first-order valence-corrected chi connectivity index (χ1v) is 9.10. The molecule has 1 aliphatic heterocycles. The number of nitrogens with zero attached hydrogens (tertiary/aromatic N) is 3. The number of anilines is 1. The van der Waals surface area contributed by atoms with Gasteiger partial charge in [-0.3, -0.25) is 9.78 Å². The average Bonchev–Trinajstić information content (AvgIpc) is 3.15. The minimum Gasteiger partial charge on any atom is -0.450 e. The zero-order valence-electron chi connectivity index (χ0n) is 14.7. The lowest BCUT2D eigenvalue weighted by Crippen LogP contribution is -2.50. The van der Waals surface area contributed by atoms with Gasteiger partial charge in [0.2, 0.25) is 0 Å². The van der Waals surface area contributed by atoms with Crippen LogP contribution >= 0.6 is 0 Å². The molecule has 0 unspecified atom stereocenters. The molecule has 0 aromatic carbocycles. The van der Waals surface area contributed by atoms with Crippen molar-refractivity contribution in [3.8, 4) is 0 Å². The van der Waals surface area contributed by atoms with Crippen LogP contribution in [0, 0.1) is 0 Å². The molecule has 25 heavy (non-hydrogen) atoms. The number of rotatable bonds is 4. The molecule has 0 spiro atoms. The summed E-state index contributed by atoms with van der Waals surface area (Å²) in [6.45, 7) is 4.17. The number of carbonyl (C=O) groups is 2. The predicted molar refractivity (Wildman–Crippen MR) is 94.6 cm³/mol. The second-order valence-electron chi connectivity index (χ2n) is 6.57. The predicted octanol–water partition coefficient (Wildman–Crippen LogP) is 2.35. The first-order chi connectivity index (χ1) is 12.2. The average molecular weight is 346 g/mol. The van der Waals surface area contributed by atoms with E-state index in [1.165, 1.54) is 25.7 Å². The van der Waals surface area contributed by atoms with Gasteiger partial charge in [-0.1, -0.05) is 12.8 Å². The molecular weight excluding hydrogens is 320 g/mol. The van der Waals surface area contributed by atoms with E-state index >= 15 is 0 Å². The first kappa shape index (κ1) is 17.5. The highest BCUT2D eigenvalue weighted by atomic mass is 16.6. The summed E-state index contributed by atoms with van der Waals surface area (Å²) < 4.78 is 5.01. The molecule has 2 aliphatic rings. The molecule has 7 nitrogen and oxygen atoms in total. The highest BCUT2D eigenvalue weighted by Gasteiger charge is 2.26. The number of ether oxygens (including phenoxy) is 1. The maximum atomic E-state index is 12.7. The lowest BCUT2D eigenvalue weighted by atomic mass is 10.2. The molecule has 1 aromatic rings. The van der Waals surface area contributed by atoms with Crippen molar-refractivity contribution >= 4 is 17.7 Å². The topological polar surface area (TPSA) is 74.8 Å². The van der Waals surface area contributed by atoms with Gasteiger partial charge in [0.05, 0.1) is 17.9 Å². The largest absolute Gasteiger partial charge is 0.450 e. The Morgan fingerprint density at radius 2 is 1.84 bits per heavy atom. The number of amides is 2. The Labute approximate surface area is 148 Å². The number of aromatic nitrogens is 1. The molecule has 0 radical (unpaired) electrons. The summed E-state index contributed by atoms with van der Waals surface area (Å²) in [7, 11) is 0. The van der Waals surface area contributed by atoms with Crippen LogP contribution in [0.1, 0.15) is 43.0 Å². The van der Waals surface area contributed by atoms with Crippen LogP contribution in [0.15, 0.2) is 18.5 Å². The van der Waals surface area contributed by atoms with E-state index in [-0.39, 0.29) is 12.0 Å². The van der Waals surface area contributed by atoms with Crippen molar-refractivity contribution in [2.24, 2.45) is 0 Å². The van der Waals surface area contributed by atoms with Gasteiger partial charge >= 0.3 is 6.09 Å². The normalized spacial score (nSPS) is 18.3. The van der Waals surface area contributed by atoms with Gasteiger partial charge in [0.15, 0.2) is 0 Å². The van der Waals surface area contributed by atoms with E-state index in [0.29, 0.717) is 44.4 Å². The van der Waals surface area contributed by atoms with Crippen LogP contribution in [0.5, 0.6) is 0 Å². The molecule has 1 N–H and O–H groups in total. The highest BCUT2D eigenvalue weighted by molar-refractivity contribution is 5.95. The Morgan fingerprint density at radius 1 is 1.16 bits per heavy atom. The Kier molecular flexibility index (Phi) is 5.73. The van der Waals surface area contributed by atoms with Crippen LogP contribution in [-0.4, -0.2) is 65.6 Å². The molecule has 136 valence electrons. The Bertz CT molecular complexity index is 608. The molecule has 1 saturated carbocycles. The van der Waals surface area contributed by atoms with Crippen LogP contribution in [0.3, 0.4) is 0 Å². The van der Waals surface area contributed by atoms with Crippen molar-refractivity contribution in [2.45, 2.75) is 38.6 Å². The second kappa shape index (κ2) is 8.18. The van der Waals surface area contributed by atoms with Crippen molar-refractivity contribution in [2.75, 3.05) is 38.1 Å². The third kappa shape index (κ3) is 4.41. The maximum Gasteiger partial charge on any atom is 0.409 e. The van der Waals surface area contributed by atoms with Crippen LogP contribution < -0.4 is 5.32 Å². The smallest absolute Gasteiger partial charge is 0.409 e. The van der Waals surface area contributed by atoms with Crippen molar-refractivity contribution in [1.82, 2.24) is 14.8 Å². The van der Waals surface area contributed by atoms with Gasteiger partial charge in [-0.2, -0.15) is 0 Å². The van der Waals surface area contributed by atoms with Gasteiger partial charge in [-0.05, 0) is 25.8 Å². The van der Waals surface area contributed by atoms with Gasteiger partial charge in [0.25, 0.3) is 5.91 Å². The third-order valence-corrected chi connectivity index (χ3v) is 4.80. The van der Waals surface area contributed by atoms with Crippen LogP contribution in [0.25, 0.3) is 0 Å². The second-order valence-corrected chi connectivity index (χ2v) is 6.57. The summed E-state index contributed by atoms with van der Waals surface area (Å²) in [5.41, 5.74) is 1.50. The zero-order valence-corrected chi connectivity index (χ0v) is 14.7. The standard InChI is InChI=1S/C18H26N4O3/c1-2-25-18(24)22-9-7-21(8-10-22)17(23)14-11-16(13-19-12-14)20-15-5-3-4-6-15/h11-13,15,20H,2-10H2,1H3. The van der Waals surface area contributed by atoms with E-state index in [4.69, 9.17) is 4.74 Å². The summed E-state index contributed by atoms with van der Waals surface area (Å²) in [5, 5.41) is 3.47. The van der Waals surface area contributed by atoms with Crippen molar-refractivity contribution in [3.63, 3.8) is 0 Å². The van der Waals surface area contributed by atoms with E-state index in [2.05, 4.69) is 10.3 Å². The van der Waals surface area contributed by atoms with E-state index in [0.717, 1.165) is 5.69 Å². The van der Waals surface area contributed by atoms with Crippen LogP contribution in [-0.2, 0) is 4.74 Å². The molecule has 2 fully saturated rings.